The fourth-order valence-corrected chi connectivity index (χ4v) is 5.64. The Morgan fingerprint density at radius 1 is 1.10 bits per heavy atom. The summed E-state index contributed by atoms with van der Waals surface area (Å²) in [4.78, 5) is 32.3. The van der Waals surface area contributed by atoms with Gasteiger partial charge in [-0.15, -0.1) is 0 Å². The Morgan fingerprint density at radius 3 is 2.56 bits per heavy atom. The SMILES string of the molecule is COC[C@@H](C)NCc1cc(F)ccc1N1CCN(C(=O)[C@@H](Cc2ccc(Cl)cc2Cl)N2CCNCC2=O)CC1. The highest BCUT2D eigenvalue weighted by Crippen LogP contribution is 2.26. The molecule has 4 rings (SSSR count). The van der Waals surface area contributed by atoms with E-state index in [4.69, 9.17) is 27.9 Å². The van der Waals surface area contributed by atoms with Gasteiger partial charge in [0, 0.05) is 81.1 Å². The summed E-state index contributed by atoms with van der Waals surface area (Å²) in [6.45, 7) is 6.55. The van der Waals surface area contributed by atoms with E-state index in [0.29, 0.717) is 68.9 Å². The van der Waals surface area contributed by atoms with E-state index < -0.39 is 6.04 Å². The van der Waals surface area contributed by atoms with Gasteiger partial charge in [-0.2, -0.15) is 0 Å². The van der Waals surface area contributed by atoms with Crippen LogP contribution in [0.25, 0.3) is 0 Å². The molecule has 0 spiro atoms. The van der Waals surface area contributed by atoms with Gasteiger partial charge in [0.15, 0.2) is 0 Å². The number of carbonyl (C=O) groups is 2. The molecule has 2 heterocycles. The third kappa shape index (κ3) is 7.61. The standard InChI is InChI=1S/C28H36Cl2FN5O3/c1-19(18-39-2)33-16-21-13-23(31)5-6-25(21)34-9-11-35(12-10-34)28(38)26(36-8-7-32-17-27(36)37)14-20-3-4-22(29)15-24(20)30/h3-6,13,15,19,26,32-33H,7-12,14,16-18H2,1-2H3/t19-,26-/m1/s1. The summed E-state index contributed by atoms with van der Waals surface area (Å²) < 4.78 is 19.3. The number of nitrogens with zero attached hydrogens (tertiary/aromatic N) is 3. The van der Waals surface area contributed by atoms with Crippen LogP contribution in [-0.2, 0) is 27.3 Å². The highest BCUT2D eigenvalue weighted by molar-refractivity contribution is 6.35. The summed E-state index contributed by atoms with van der Waals surface area (Å²) in [5.41, 5.74) is 2.58. The third-order valence-electron chi connectivity index (χ3n) is 7.25. The van der Waals surface area contributed by atoms with Crippen molar-refractivity contribution in [2.24, 2.45) is 0 Å². The number of hydrogen-bond donors (Lipinski definition) is 2. The van der Waals surface area contributed by atoms with E-state index in [0.717, 1.165) is 16.8 Å². The maximum Gasteiger partial charge on any atom is 0.245 e. The molecule has 2 amide bonds. The minimum atomic E-state index is -0.655. The molecule has 2 aliphatic rings. The van der Waals surface area contributed by atoms with Crippen molar-refractivity contribution in [1.82, 2.24) is 20.4 Å². The maximum absolute atomic E-state index is 14.1. The van der Waals surface area contributed by atoms with Gasteiger partial charge in [0.25, 0.3) is 0 Å². The first-order valence-corrected chi connectivity index (χ1v) is 14.0. The lowest BCUT2D eigenvalue weighted by atomic mass is 10.0. The van der Waals surface area contributed by atoms with Crippen molar-refractivity contribution in [3.63, 3.8) is 0 Å². The van der Waals surface area contributed by atoms with E-state index in [1.807, 2.05) is 17.9 Å². The van der Waals surface area contributed by atoms with Crippen molar-refractivity contribution in [2.45, 2.75) is 32.0 Å². The summed E-state index contributed by atoms with van der Waals surface area (Å²) in [6, 6.07) is 9.51. The lowest BCUT2D eigenvalue weighted by Crippen LogP contribution is -2.60. The number of benzene rings is 2. The molecule has 39 heavy (non-hydrogen) atoms. The van der Waals surface area contributed by atoms with Crippen molar-refractivity contribution in [2.75, 3.05) is 64.4 Å². The van der Waals surface area contributed by atoms with E-state index in [2.05, 4.69) is 15.5 Å². The topological polar surface area (TPSA) is 77.2 Å². The quantitative estimate of drug-likeness (QED) is 0.450. The predicted molar refractivity (Wildman–Crippen MR) is 152 cm³/mol. The fourth-order valence-electron chi connectivity index (χ4n) is 5.15. The van der Waals surface area contributed by atoms with Crippen LogP contribution in [0.1, 0.15) is 18.1 Å². The number of halogens is 3. The van der Waals surface area contributed by atoms with Crippen LogP contribution in [0.15, 0.2) is 36.4 Å². The first-order chi connectivity index (χ1) is 18.8. The molecule has 2 aromatic carbocycles. The molecule has 2 atom stereocenters. The minimum Gasteiger partial charge on any atom is -0.383 e. The first-order valence-electron chi connectivity index (χ1n) is 13.3. The summed E-state index contributed by atoms with van der Waals surface area (Å²) in [5, 5.41) is 7.44. The van der Waals surface area contributed by atoms with Crippen LogP contribution >= 0.6 is 23.2 Å². The van der Waals surface area contributed by atoms with Gasteiger partial charge in [0.1, 0.15) is 11.9 Å². The second-order valence-corrected chi connectivity index (χ2v) is 10.9. The van der Waals surface area contributed by atoms with Crippen molar-refractivity contribution < 1.29 is 18.7 Å². The van der Waals surface area contributed by atoms with Crippen molar-refractivity contribution >= 4 is 40.7 Å². The summed E-state index contributed by atoms with van der Waals surface area (Å²) in [7, 11) is 1.65. The molecule has 0 unspecified atom stereocenters. The Bertz CT molecular complexity index is 1160. The molecule has 0 aliphatic carbocycles. The number of carbonyl (C=O) groups excluding carboxylic acids is 2. The lowest BCUT2D eigenvalue weighted by molar-refractivity contribution is -0.146. The number of amides is 2. The number of hydrogen-bond acceptors (Lipinski definition) is 6. The zero-order chi connectivity index (χ0) is 27.9. The van der Waals surface area contributed by atoms with Crippen LogP contribution in [0.3, 0.4) is 0 Å². The molecular formula is C28H36Cl2FN5O3. The molecule has 0 radical (unpaired) electrons. The Balaban J connectivity index is 1.47. The number of methoxy groups -OCH3 is 1. The highest BCUT2D eigenvalue weighted by Gasteiger charge is 2.36. The monoisotopic (exact) mass is 579 g/mol. The summed E-state index contributed by atoms with van der Waals surface area (Å²) >= 11 is 12.5. The molecule has 8 nitrogen and oxygen atoms in total. The Kier molecular flexibility index (Phi) is 10.4. The van der Waals surface area contributed by atoms with E-state index in [1.54, 1.807) is 36.3 Å². The average molecular weight is 581 g/mol. The van der Waals surface area contributed by atoms with Crippen LogP contribution in [0.2, 0.25) is 10.0 Å². The molecule has 2 saturated heterocycles. The summed E-state index contributed by atoms with van der Waals surface area (Å²) in [5.74, 6) is -0.479. The number of anilines is 1. The van der Waals surface area contributed by atoms with Crippen molar-refractivity contribution in [1.29, 1.82) is 0 Å². The van der Waals surface area contributed by atoms with Gasteiger partial charge in [-0.05, 0) is 48.4 Å². The van der Waals surface area contributed by atoms with Crippen molar-refractivity contribution in [3.8, 4) is 0 Å². The van der Waals surface area contributed by atoms with Crippen LogP contribution < -0.4 is 15.5 Å². The van der Waals surface area contributed by atoms with Gasteiger partial charge in [-0.1, -0.05) is 29.3 Å². The van der Waals surface area contributed by atoms with E-state index in [-0.39, 0.29) is 30.2 Å². The number of ether oxygens (including phenoxy) is 1. The molecular weight excluding hydrogens is 544 g/mol. The number of nitrogens with one attached hydrogen (secondary N) is 2. The first kappa shape index (κ1) is 29.6. The molecule has 0 saturated carbocycles. The van der Waals surface area contributed by atoms with Crippen LogP contribution in [0, 0.1) is 5.82 Å². The van der Waals surface area contributed by atoms with E-state index in [9.17, 15) is 14.0 Å². The van der Waals surface area contributed by atoms with E-state index in [1.165, 1.54) is 6.07 Å². The largest absolute Gasteiger partial charge is 0.383 e. The third-order valence-corrected chi connectivity index (χ3v) is 7.83. The average Bonchev–Trinajstić information content (AvgIpc) is 2.92. The van der Waals surface area contributed by atoms with Gasteiger partial charge < -0.3 is 30.1 Å². The normalized spacial score (nSPS) is 17.9. The van der Waals surface area contributed by atoms with Gasteiger partial charge in [0.2, 0.25) is 11.8 Å². The minimum absolute atomic E-state index is 0.0923. The van der Waals surface area contributed by atoms with Gasteiger partial charge in [-0.25, -0.2) is 4.39 Å². The molecule has 2 fully saturated rings. The van der Waals surface area contributed by atoms with Gasteiger partial charge in [0.05, 0.1) is 13.2 Å². The number of piperazine rings is 2. The zero-order valence-electron chi connectivity index (χ0n) is 22.4. The van der Waals surface area contributed by atoms with Crippen LogP contribution in [0.4, 0.5) is 10.1 Å². The van der Waals surface area contributed by atoms with Gasteiger partial charge in [-0.3, -0.25) is 9.59 Å². The smallest absolute Gasteiger partial charge is 0.245 e. The van der Waals surface area contributed by atoms with Crippen molar-refractivity contribution in [3.05, 3.63) is 63.4 Å². The van der Waals surface area contributed by atoms with Crippen LogP contribution in [0.5, 0.6) is 0 Å². The summed E-state index contributed by atoms with van der Waals surface area (Å²) in [6.07, 6.45) is 0.314. The molecule has 0 aromatic heterocycles. The van der Waals surface area contributed by atoms with Crippen LogP contribution in [-0.4, -0.2) is 93.2 Å². The zero-order valence-corrected chi connectivity index (χ0v) is 23.9. The Hall–Kier alpha value is -2.43. The highest BCUT2D eigenvalue weighted by atomic mass is 35.5. The predicted octanol–water partition coefficient (Wildman–Crippen LogP) is 2.95. The molecule has 11 heteroatoms. The van der Waals surface area contributed by atoms with E-state index >= 15 is 0 Å². The molecule has 2 aliphatic heterocycles. The second kappa shape index (κ2) is 13.8. The Morgan fingerprint density at radius 2 is 1.87 bits per heavy atom. The number of rotatable bonds is 10. The molecule has 0 bridgehead atoms. The molecule has 212 valence electrons. The fraction of sp³-hybridized carbons (Fsp3) is 0.500. The molecule has 2 aromatic rings. The lowest BCUT2D eigenvalue weighted by Gasteiger charge is -2.41. The maximum atomic E-state index is 14.1. The second-order valence-electron chi connectivity index (χ2n) is 10.0. The Labute approximate surface area is 239 Å². The van der Waals surface area contributed by atoms with Gasteiger partial charge >= 0.3 is 0 Å². The molecule has 2 N–H and O–H groups in total.